The highest BCUT2D eigenvalue weighted by molar-refractivity contribution is 5.89. The van der Waals surface area contributed by atoms with Crippen LogP contribution in [0.2, 0.25) is 0 Å². The second-order valence-corrected chi connectivity index (χ2v) is 7.11. The number of benzene rings is 1. The number of halogens is 2. The van der Waals surface area contributed by atoms with Crippen LogP contribution in [0, 0.1) is 0 Å². The molecule has 1 saturated heterocycles. The molecule has 1 N–H and O–H groups in total. The largest absolute Gasteiger partial charge is 0.493 e. The van der Waals surface area contributed by atoms with Crippen molar-refractivity contribution >= 4 is 11.7 Å². The number of urea groups is 1. The second kappa shape index (κ2) is 9.58. The van der Waals surface area contributed by atoms with E-state index < -0.39 is 6.61 Å². The van der Waals surface area contributed by atoms with Crippen LogP contribution in [0.5, 0.6) is 11.5 Å². The zero-order valence-electron chi connectivity index (χ0n) is 17.2. The molecule has 2 aromatic heterocycles. The third-order valence-corrected chi connectivity index (χ3v) is 5.10. The normalized spacial score (nSPS) is 14.4. The molecule has 11 heteroatoms. The average Bonchev–Trinajstić information content (AvgIpc) is 3.30. The number of hydrogen-bond acceptors (Lipinski definition) is 7. The molecule has 0 aliphatic carbocycles. The van der Waals surface area contributed by atoms with Crippen LogP contribution in [0.4, 0.5) is 19.3 Å². The first-order valence-corrected chi connectivity index (χ1v) is 9.97. The maximum Gasteiger partial charge on any atom is 0.387 e. The summed E-state index contributed by atoms with van der Waals surface area (Å²) in [5.41, 5.74) is 0.958. The number of rotatable bonds is 6. The minimum absolute atomic E-state index is 0.0380. The first-order chi connectivity index (χ1) is 15.5. The van der Waals surface area contributed by atoms with E-state index >= 15 is 0 Å². The van der Waals surface area contributed by atoms with Gasteiger partial charge in [-0.05, 0) is 37.1 Å². The molecule has 0 atom stereocenters. The Morgan fingerprint density at radius 3 is 2.72 bits per heavy atom. The Labute approximate surface area is 182 Å². The number of carbonyl (C=O) groups is 1. The molecule has 3 heterocycles. The van der Waals surface area contributed by atoms with Crippen molar-refractivity contribution in [1.29, 1.82) is 0 Å². The highest BCUT2D eigenvalue weighted by atomic mass is 19.3. The maximum atomic E-state index is 12.6. The monoisotopic (exact) mass is 445 g/mol. The molecule has 0 spiro atoms. The van der Waals surface area contributed by atoms with Crippen LogP contribution in [0.1, 0.15) is 24.7 Å². The number of likely N-dealkylation sites (tertiary alicyclic amines) is 1. The van der Waals surface area contributed by atoms with E-state index in [-0.39, 0.29) is 23.4 Å². The number of nitrogens with zero attached hydrogens (tertiary/aromatic N) is 4. The van der Waals surface area contributed by atoms with Crippen LogP contribution >= 0.6 is 0 Å². The third kappa shape index (κ3) is 4.93. The lowest BCUT2D eigenvalue weighted by atomic mass is 9.97. The predicted octanol–water partition coefficient (Wildman–Crippen LogP) is 4.15. The first kappa shape index (κ1) is 21.5. The number of nitrogens with one attached hydrogen (secondary N) is 1. The van der Waals surface area contributed by atoms with Crippen LogP contribution in [-0.2, 0) is 0 Å². The highest BCUT2D eigenvalue weighted by Gasteiger charge is 2.28. The fourth-order valence-electron chi connectivity index (χ4n) is 3.47. The van der Waals surface area contributed by atoms with Crippen LogP contribution in [0.15, 0.2) is 47.1 Å². The number of piperidine rings is 1. The van der Waals surface area contributed by atoms with Gasteiger partial charge in [-0.15, -0.1) is 0 Å². The van der Waals surface area contributed by atoms with Gasteiger partial charge in [0.2, 0.25) is 11.7 Å². The molecule has 2 amide bonds. The van der Waals surface area contributed by atoms with Crippen molar-refractivity contribution in [3.05, 3.63) is 48.5 Å². The van der Waals surface area contributed by atoms with E-state index in [1.807, 2.05) is 12.1 Å². The molecule has 0 saturated carbocycles. The topological polar surface area (TPSA) is 103 Å². The van der Waals surface area contributed by atoms with E-state index in [1.165, 1.54) is 19.2 Å². The number of aromatic nitrogens is 3. The maximum absolute atomic E-state index is 12.6. The van der Waals surface area contributed by atoms with Crippen LogP contribution in [-0.4, -0.2) is 52.9 Å². The summed E-state index contributed by atoms with van der Waals surface area (Å²) >= 11 is 0. The Bertz CT molecular complexity index is 1060. The number of methoxy groups -OCH3 is 1. The first-order valence-electron chi connectivity index (χ1n) is 9.97. The van der Waals surface area contributed by atoms with Gasteiger partial charge in [0.05, 0.1) is 7.11 Å². The van der Waals surface area contributed by atoms with Gasteiger partial charge >= 0.3 is 12.6 Å². The molecule has 0 unspecified atom stereocenters. The number of ether oxygens (including phenoxy) is 2. The van der Waals surface area contributed by atoms with Crippen molar-refractivity contribution in [1.82, 2.24) is 20.0 Å². The SMILES string of the molecule is COc1ccc(NC(=O)N2CCC(c3nc(-c4ccccn4)no3)CC2)cc1OC(F)F. The van der Waals surface area contributed by atoms with Crippen molar-refractivity contribution in [2.45, 2.75) is 25.4 Å². The number of hydrogen-bond donors (Lipinski definition) is 1. The summed E-state index contributed by atoms with van der Waals surface area (Å²) in [6.07, 6.45) is 2.97. The van der Waals surface area contributed by atoms with Crippen molar-refractivity contribution in [2.24, 2.45) is 0 Å². The van der Waals surface area contributed by atoms with Crippen LogP contribution in [0.3, 0.4) is 0 Å². The summed E-state index contributed by atoms with van der Waals surface area (Å²) in [4.78, 5) is 22.9. The standard InChI is InChI=1S/C21H21F2N5O4/c1-30-16-6-5-14(12-17(16)31-20(22)23)25-21(29)28-10-7-13(8-11-28)19-26-18(27-32-19)15-4-2-3-9-24-15/h2-6,9,12-13,20H,7-8,10-11H2,1H3,(H,25,29). The molecule has 1 aliphatic rings. The van der Waals surface area contributed by atoms with Gasteiger partial charge < -0.3 is 24.2 Å². The molecule has 9 nitrogen and oxygen atoms in total. The molecule has 32 heavy (non-hydrogen) atoms. The van der Waals surface area contributed by atoms with Gasteiger partial charge in [0.1, 0.15) is 5.69 Å². The van der Waals surface area contributed by atoms with Gasteiger partial charge in [0.25, 0.3) is 0 Å². The molecule has 1 fully saturated rings. The van der Waals surface area contributed by atoms with Gasteiger partial charge in [-0.2, -0.15) is 13.8 Å². The van der Waals surface area contributed by atoms with Crippen molar-refractivity contribution in [3.8, 4) is 23.0 Å². The van der Waals surface area contributed by atoms with E-state index in [1.54, 1.807) is 23.2 Å². The highest BCUT2D eigenvalue weighted by Crippen LogP contribution is 2.32. The lowest BCUT2D eigenvalue weighted by Crippen LogP contribution is -2.40. The molecule has 0 bridgehead atoms. The van der Waals surface area contributed by atoms with E-state index in [9.17, 15) is 13.6 Å². The Kier molecular flexibility index (Phi) is 6.43. The van der Waals surface area contributed by atoms with Gasteiger partial charge in [0.15, 0.2) is 11.5 Å². The molecular formula is C21H21F2N5O4. The summed E-state index contributed by atoms with van der Waals surface area (Å²) in [7, 11) is 1.35. The Balaban J connectivity index is 1.34. The average molecular weight is 445 g/mol. The second-order valence-electron chi connectivity index (χ2n) is 7.11. The lowest BCUT2D eigenvalue weighted by molar-refractivity contribution is -0.0511. The number of anilines is 1. The lowest BCUT2D eigenvalue weighted by Gasteiger charge is -2.30. The number of alkyl halides is 2. The van der Waals surface area contributed by atoms with Gasteiger partial charge in [-0.1, -0.05) is 11.2 Å². The van der Waals surface area contributed by atoms with Crippen molar-refractivity contribution < 1.29 is 27.6 Å². The summed E-state index contributed by atoms with van der Waals surface area (Å²) in [5.74, 6) is 0.987. The summed E-state index contributed by atoms with van der Waals surface area (Å²) < 4.78 is 40.1. The number of carbonyl (C=O) groups excluding carboxylic acids is 1. The van der Waals surface area contributed by atoms with Gasteiger partial charge in [-0.25, -0.2) is 4.79 Å². The molecular weight excluding hydrogens is 424 g/mol. The quantitative estimate of drug-likeness (QED) is 0.608. The van der Waals surface area contributed by atoms with E-state index in [4.69, 9.17) is 9.26 Å². The van der Waals surface area contributed by atoms with E-state index in [0.29, 0.717) is 49.0 Å². The minimum atomic E-state index is -3.00. The molecule has 4 rings (SSSR count). The Hall–Kier alpha value is -3.76. The fraction of sp³-hybridized carbons (Fsp3) is 0.333. The number of amides is 2. The van der Waals surface area contributed by atoms with Crippen LogP contribution in [0.25, 0.3) is 11.5 Å². The smallest absolute Gasteiger partial charge is 0.387 e. The third-order valence-electron chi connectivity index (χ3n) is 5.10. The van der Waals surface area contributed by atoms with Gasteiger partial charge in [-0.3, -0.25) is 4.98 Å². The predicted molar refractivity (Wildman–Crippen MR) is 110 cm³/mol. The zero-order valence-corrected chi connectivity index (χ0v) is 17.2. The summed E-state index contributed by atoms with van der Waals surface area (Å²) in [6.45, 7) is -2.04. The Morgan fingerprint density at radius 1 is 1.22 bits per heavy atom. The fourth-order valence-corrected chi connectivity index (χ4v) is 3.47. The van der Waals surface area contributed by atoms with Crippen molar-refractivity contribution in [2.75, 3.05) is 25.5 Å². The van der Waals surface area contributed by atoms with E-state index in [2.05, 4.69) is 25.2 Å². The zero-order chi connectivity index (χ0) is 22.5. The van der Waals surface area contributed by atoms with Gasteiger partial charge in [0, 0.05) is 37.0 Å². The van der Waals surface area contributed by atoms with Crippen LogP contribution < -0.4 is 14.8 Å². The summed E-state index contributed by atoms with van der Waals surface area (Å²) in [6, 6.07) is 9.43. The molecule has 1 aromatic carbocycles. The molecule has 1 aliphatic heterocycles. The number of pyridine rings is 1. The molecule has 3 aromatic rings. The van der Waals surface area contributed by atoms with Crippen molar-refractivity contribution in [3.63, 3.8) is 0 Å². The Morgan fingerprint density at radius 2 is 2.03 bits per heavy atom. The molecule has 0 radical (unpaired) electrons. The van der Waals surface area contributed by atoms with E-state index in [0.717, 1.165) is 0 Å². The minimum Gasteiger partial charge on any atom is -0.493 e. The molecule has 168 valence electrons. The summed E-state index contributed by atoms with van der Waals surface area (Å²) in [5, 5.41) is 6.70.